The molecule has 0 radical (unpaired) electrons. The van der Waals surface area contributed by atoms with Crippen molar-refractivity contribution in [2.24, 2.45) is 11.7 Å². The molecule has 1 rings (SSSR count). The number of carbonyl (C=O) groups is 1. The number of thioether (sulfide) groups is 1. The lowest BCUT2D eigenvalue weighted by atomic mass is 10.0. The highest BCUT2D eigenvalue weighted by atomic mass is 32.2. The first kappa shape index (κ1) is 16.1. The van der Waals surface area contributed by atoms with E-state index in [-0.39, 0.29) is 11.8 Å². The van der Waals surface area contributed by atoms with Crippen LogP contribution in [0.15, 0.2) is 29.2 Å². The molecule has 3 nitrogen and oxygen atoms in total. The molecular formula is C15H24N2OS. The normalized spacial score (nSPS) is 12.2. The number of amides is 1. The quantitative estimate of drug-likeness (QED) is 0.781. The molecule has 0 aromatic heterocycles. The topological polar surface area (TPSA) is 46.3 Å². The Morgan fingerprint density at radius 3 is 2.53 bits per heavy atom. The summed E-state index contributed by atoms with van der Waals surface area (Å²) in [6, 6.07) is 8.35. The van der Waals surface area contributed by atoms with Gasteiger partial charge in [0, 0.05) is 24.4 Å². The number of nitrogens with zero attached hydrogens (tertiary/aromatic N) is 1. The lowest BCUT2D eigenvalue weighted by molar-refractivity contribution is -0.134. The fourth-order valence-corrected chi connectivity index (χ4v) is 2.41. The zero-order valence-electron chi connectivity index (χ0n) is 12.1. The second-order valence-corrected chi connectivity index (χ2v) is 5.75. The van der Waals surface area contributed by atoms with Crippen LogP contribution in [0.1, 0.15) is 25.3 Å². The van der Waals surface area contributed by atoms with E-state index < -0.39 is 0 Å². The SMILES string of the molecule is CSc1ccc(CN(C)C(=O)C(C)CCCN)cc1. The van der Waals surface area contributed by atoms with Gasteiger partial charge < -0.3 is 10.6 Å². The summed E-state index contributed by atoms with van der Waals surface area (Å²) in [5.41, 5.74) is 6.64. The van der Waals surface area contributed by atoms with Gasteiger partial charge in [-0.1, -0.05) is 19.1 Å². The fraction of sp³-hybridized carbons (Fsp3) is 0.533. The van der Waals surface area contributed by atoms with Crippen molar-refractivity contribution in [1.82, 2.24) is 4.90 Å². The van der Waals surface area contributed by atoms with E-state index in [0.717, 1.165) is 12.8 Å². The molecule has 2 N–H and O–H groups in total. The molecule has 1 aromatic carbocycles. The molecular weight excluding hydrogens is 256 g/mol. The molecule has 0 aliphatic heterocycles. The summed E-state index contributed by atoms with van der Waals surface area (Å²) in [5, 5.41) is 0. The van der Waals surface area contributed by atoms with Crippen molar-refractivity contribution in [3.63, 3.8) is 0 Å². The summed E-state index contributed by atoms with van der Waals surface area (Å²) in [7, 11) is 1.86. The molecule has 0 fully saturated rings. The molecule has 0 saturated carbocycles. The van der Waals surface area contributed by atoms with Crippen LogP contribution in [0, 0.1) is 5.92 Å². The van der Waals surface area contributed by atoms with E-state index in [1.165, 1.54) is 10.5 Å². The Hall–Kier alpha value is -1.00. The highest BCUT2D eigenvalue weighted by Crippen LogP contribution is 2.16. The average molecular weight is 280 g/mol. The third-order valence-corrected chi connectivity index (χ3v) is 3.96. The van der Waals surface area contributed by atoms with Crippen molar-refractivity contribution in [3.8, 4) is 0 Å². The van der Waals surface area contributed by atoms with Crippen LogP contribution in [0.3, 0.4) is 0 Å². The molecule has 19 heavy (non-hydrogen) atoms. The molecule has 0 bridgehead atoms. The molecule has 1 unspecified atom stereocenters. The molecule has 0 aliphatic rings. The first-order chi connectivity index (χ1) is 9.08. The van der Waals surface area contributed by atoms with Gasteiger partial charge in [-0.3, -0.25) is 4.79 Å². The van der Waals surface area contributed by atoms with Gasteiger partial charge in [0.05, 0.1) is 0 Å². The smallest absolute Gasteiger partial charge is 0.225 e. The monoisotopic (exact) mass is 280 g/mol. The molecule has 0 saturated heterocycles. The molecule has 4 heteroatoms. The Balaban J connectivity index is 2.52. The average Bonchev–Trinajstić information content (AvgIpc) is 2.44. The van der Waals surface area contributed by atoms with Crippen LogP contribution in [0.4, 0.5) is 0 Å². The van der Waals surface area contributed by atoms with E-state index in [4.69, 9.17) is 5.73 Å². The van der Waals surface area contributed by atoms with E-state index in [2.05, 4.69) is 30.5 Å². The van der Waals surface area contributed by atoms with Crippen LogP contribution >= 0.6 is 11.8 Å². The largest absolute Gasteiger partial charge is 0.341 e. The van der Waals surface area contributed by atoms with Gasteiger partial charge in [0.25, 0.3) is 0 Å². The van der Waals surface area contributed by atoms with Gasteiger partial charge in [0.1, 0.15) is 0 Å². The Morgan fingerprint density at radius 2 is 2.00 bits per heavy atom. The molecule has 106 valence electrons. The number of nitrogens with two attached hydrogens (primary N) is 1. The third kappa shape index (κ3) is 5.25. The van der Waals surface area contributed by atoms with Gasteiger partial charge in [-0.15, -0.1) is 11.8 Å². The highest BCUT2D eigenvalue weighted by molar-refractivity contribution is 7.98. The summed E-state index contributed by atoms with van der Waals surface area (Å²) >= 11 is 1.72. The number of carbonyl (C=O) groups excluding carboxylic acids is 1. The maximum atomic E-state index is 12.2. The lowest BCUT2D eigenvalue weighted by Crippen LogP contribution is -2.31. The van der Waals surface area contributed by atoms with Crippen LogP contribution in [-0.4, -0.2) is 30.7 Å². The first-order valence-electron chi connectivity index (χ1n) is 6.66. The number of hydrogen-bond acceptors (Lipinski definition) is 3. The zero-order valence-corrected chi connectivity index (χ0v) is 12.9. The molecule has 0 aliphatic carbocycles. The summed E-state index contributed by atoms with van der Waals surface area (Å²) in [5.74, 6) is 0.251. The van der Waals surface area contributed by atoms with E-state index in [1.807, 2.05) is 14.0 Å². The number of benzene rings is 1. The van der Waals surface area contributed by atoms with Crippen LogP contribution in [0.5, 0.6) is 0 Å². The minimum atomic E-state index is 0.0546. The number of rotatable bonds is 7. The van der Waals surface area contributed by atoms with Crippen molar-refractivity contribution in [2.45, 2.75) is 31.2 Å². The number of hydrogen-bond donors (Lipinski definition) is 1. The standard InChI is InChI=1S/C15H24N2OS/c1-12(5-4-10-16)15(18)17(2)11-13-6-8-14(19-3)9-7-13/h6-9,12H,4-5,10-11,16H2,1-3H3. The predicted octanol–water partition coefficient (Wildman–Crippen LogP) is 2.74. The summed E-state index contributed by atoms with van der Waals surface area (Å²) in [4.78, 5) is 15.2. The van der Waals surface area contributed by atoms with Crippen LogP contribution in [0.25, 0.3) is 0 Å². The van der Waals surface area contributed by atoms with Crippen molar-refractivity contribution >= 4 is 17.7 Å². The highest BCUT2D eigenvalue weighted by Gasteiger charge is 2.16. The Kier molecular flexibility index (Phi) is 6.95. The first-order valence-corrected chi connectivity index (χ1v) is 7.89. The maximum Gasteiger partial charge on any atom is 0.225 e. The second-order valence-electron chi connectivity index (χ2n) is 4.87. The molecule has 1 atom stereocenters. The molecule has 1 aromatic rings. The van der Waals surface area contributed by atoms with Crippen LogP contribution in [-0.2, 0) is 11.3 Å². The Bertz CT molecular complexity index is 392. The minimum Gasteiger partial charge on any atom is -0.341 e. The van der Waals surface area contributed by atoms with Crippen molar-refractivity contribution < 1.29 is 4.79 Å². The minimum absolute atomic E-state index is 0.0546. The van der Waals surface area contributed by atoms with Gasteiger partial charge in [-0.25, -0.2) is 0 Å². The second kappa shape index (κ2) is 8.23. The summed E-state index contributed by atoms with van der Waals surface area (Å²) in [6.07, 6.45) is 3.83. The Labute approximate surface area is 120 Å². The van der Waals surface area contributed by atoms with Gasteiger partial charge in [0.2, 0.25) is 5.91 Å². The van der Waals surface area contributed by atoms with E-state index in [1.54, 1.807) is 16.7 Å². The van der Waals surface area contributed by atoms with Gasteiger partial charge >= 0.3 is 0 Å². The van der Waals surface area contributed by atoms with Crippen molar-refractivity contribution in [3.05, 3.63) is 29.8 Å². The van der Waals surface area contributed by atoms with Gasteiger partial charge in [-0.05, 0) is 43.3 Å². The fourth-order valence-electron chi connectivity index (χ4n) is 2.01. The predicted molar refractivity (Wildman–Crippen MR) is 82.1 cm³/mol. The van der Waals surface area contributed by atoms with Gasteiger partial charge in [0.15, 0.2) is 0 Å². The summed E-state index contributed by atoms with van der Waals surface area (Å²) in [6.45, 7) is 3.29. The van der Waals surface area contributed by atoms with Crippen molar-refractivity contribution in [1.29, 1.82) is 0 Å². The van der Waals surface area contributed by atoms with E-state index >= 15 is 0 Å². The molecule has 0 spiro atoms. The Morgan fingerprint density at radius 1 is 1.37 bits per heavy atom. The zero-order chi connectivity index (χ0) is 14.3. The molecule has 0 heterocycles. The van der Waals surface area contributed by atoms with Gasteiger partial charge in [-0.2, -0.15) is 0 Å². The summed E-state index contributed by atoms with van der Waals surface area (Å²) < 4.78 is 0. The molecule has 1 amide bonds. The van der Waals surface area contributed by atoms with E-state index in [0.29, 0.717) is 13.1 Å². The lowest BCUT2D eigenvalue weighted by Gasteiger charge is -2.21. The third-order valence-electron chi connectivity index (χ3n) is 3.22. The van der Waals surface area contributed by atoms with Crippen LogP contribution in [0.2, 0.25) is 0 Å². The maximum absolute atomic E-state index is 12.2. The van der Waals surface area contributed by atoms with E-state index in [9.17, 15) is 4.79 Å². The van der Waals surface area contributed by atoms with Crippen molar-refractivity contribution in [2.75, 3.05) is 19.8 Å². The van der Waals surface area contributed by atoms with Crippen LogP contribution < -0.4 is 5.73 Å².